The van der Waals surface area contributed by atoms with Gasteiger partial charge in [-0.25, -0.2) is 14.7 Å². The third-order valence-corrected chi connectivity index (χ3v) is 8.87. The second kappa shape index (κ2) is 16.6. The van der Waals surface area contributed by atoms with Crippen LogP contribution in [0.1, 0.15) is 102 Å². The van der Waals surface area contributed by atoms with E-state index in [-0.39, 0.29) is 29.9 Å². The van der Waals surface area contributed by atoms with Gasteiger partial charge in [0.15, 0.2) is 0 Å². The number of nitrogens with zero attached hydrogens (tertiary/aromatic N) is 1. The molecule has 9 heteroatoms. The van der Waals surface area contributed by atoms with Crippen molar-refractivity contribution in [1.29, 1.82) is 0 Å². The smallest absolute Gasteiger partial charge is 0.407 e. The van der Waals surface area contributed by atoms with E-state index in [0.717, 1.165) is 51.4 Å². The summed E-state index contributed by atoms with van der Waals surface area (Å²) in [6.07, 6.45) is 7.47. The zero-order chi connectivity index (χ0) is 32.2. The highest BCUT2D eigenvalue weighted by molar-refractivity contribution is 5.79. The lowest BCUT2D eigenvalue weighted by molar-refractivity contribution is -0.218. The van der Waals surface area contributed by atoms with Crippen LogP contribution in [0.5, 0.6) is 0 Å². The minimum Gasteiger partial charge on any atom is -0.449 e. The SMILES string of the molecule is CNC(=O)OC(CON(C(=O)CCCCCCNC(=O)OCC1c2ccccc2-c2ccccc21)C1CCCCC1)C(C)(C)C. The van der Waals surface area contributed by atoms with Crippen LogP contribution in [0.15, 0.2) is 48.5 Å². The van der Waals surface area contributed by atoms with E-state index in [9.17, 15) is 14.4 Å². The third-order valence-electron chi connectivity index (χ3n) is 8.87. The number of unbranched alkanes of at least 4 members (excludes halogenated alkanes) is 3. The van der Waals surface area contributed by atoms with Gasteiger partial charge in [0.25, 0.3) is 0 Å². The Morgan fingerprint density at radius 3 is 2.11 bits per heavy atom. The summed E-state index contributed by atoms with van der Waals surface area (Å²) in [5, 5.41) is 6.94. The van der Waals surface area contributed by atoms with Crippen LogP contribution in [0, 0.1) is 5.41 Å². The molecule has 0 radical (unpaired) electrons. The van der Waals surface area contributed by atoms with E-state index in [1.54, 1.807) is 5.06 Å². The standard InChI is InChI=1S/C36H51N3O6/c1-36(2,3)32(45-34(41)37-4)25-44-39(26-16-8-7-9-17-26)33(40)22-10-5-6-15-23-38-35(42)43-24-31-29-20-13-11-18-27(29)28-19-12-14-21-30(28)31/h11-14,18-21,26,31-32H,5-10,15-17,22-25H2,1-4H3,(H,37,41)(H,38,42). The monoisotopic (exact) mass is 621 g/mol. The Morgan fingerprint density at radius 2 is 1.49 bits per heavy atom. The van der Waals surface area contributed by atoms with Gasteiger partial charge in [-0.2, -0.15) is 0 Å². The van der Waals surface area contributed by atoms with Crippen LogP contribution in [0.2, 0.25) is 0 Å². The molecular weight excluding hydrogens is 570 g/mol. The van der Waals surface area contributed by atoms with Crippen LogP contribution in [0.4, 0.5) is 9.59 Å². The quantitative estimate of drug-likeness (QED) is 0.169. The van der Waals surface area contributed by atoms with E-state index < -0.39 is 18.3 Å². The fraction of sp³-hybridized carbons (Fsp3) is 0.583. The highest BCUT2D eigenvalue weighted by Crippen LogP contribution is 2.44. The molecule has 9 nitrogen and oxygen atoms in total. The zero-order valence-corrected chi connectivity index (χ0v) is 27.4. The molecule has 2 aliphatic carbocycles. The summed E-state index contributed by atoms with van der Waals surface area (Å²) < 4.78 is 11.2. The molecule has 0 saturated heterocycles. The molecule has 0 aromatic heterocycles. The minimum absolute atomic E-state index is 0.0220. The topological polar surface area (TPSA) is 106 Å². The van der Waals surface area contributed by atoms with Crippen molar-refractivity contribution in [3.8, 4) is 11.1 Å². The Morgan fingerprint density at radius 1 is 0.867 bits per heavy atom. The lowest BCUT2D eigenvalue weighted by Gasteiger charge is -2.36. The van der Waals surface area contributed by atoms with Crippen molar-refractivity contribution in [1.82, 2.24) is 15.7 Å². The molecule has 0 heterocycles. The molecule has 0 bridgehead atoms. The van der Waals surface area contributed by atoms with Gasteiger partial charge >= 0.3 is 12.2 Å². The van der Waals surface area contributed by atoms with Gasteiger partial charge in [-0.1, -0.05) is 101 Å². The molecule has 2 aliphatic rings. The number of hydrogen-bond acceptors (Lipinski definition) is 6. The first-order chi connectivity index (χ1) is 21.7. The summed E-state index contributed by atoms with van der Waals surface area (Å²) in [7, 11) is 1.53. The van der Waals surface area contributed by atoms with Gasteiger partial charge in [-0.3, -0.25) is 9.63 Å². The van der Waals surface area contributed by atoms with Gasteiger partial charge in [0.05, 0.1) is 6.04 Å². The Bertz CT molecular complexity index is 1220. The number of carbonyl (C=O) groups is 3. The number of nitrogens with one attached hydrogen (secondary N) is 2. The van der Waals surface area contributed by atoms with Gasteiger partial charge in [-0.15, -0.1) is 0 Å². The largest absolute Gasteiger partial charge is 0.449 e. The number of benzene rings is 2. The van der Waals surface area contributed by atoms with Gasteiger partial charge in [0, 0.05) is 31.3 Å². The van der Waals surface area contributed by atoms with Crippen molar-refractivity contribution in [2.75, 3.05) is 26.8 Å². The first kappa shape index (κ1) is 34.3. The molecule has 45 heavy (non-hydrogen) atoms. The lowest BCUT2D eigenvalue weighted by Crippen LogP contribution is -2.46. The zero-order valence-electron chi connectivity index (χ0n) is 27.4. The first-order valence-electron chi connectivity index (χ1n) is 16.6. The number of rotatable bonds is 14. The molecule has 2 N–H and O–H groups in total. The van der Waals surface area contributed by atoms with Crippen molar-refractivity contribution >= 4 is 18.1 Å². The number of fused-ring (bicyclic) bond motifs is 3. The predicted octanol–water partition coefficient (Wildman–Crippen LogP) is 7.34. The Labute approximate surface area is 268 Å². The maximum Gasteiger partial charge on any atom is 0.407 e. The number of alkyl carbamates (subject to hydrolysis) is 2. The van der Waals surface area contributed by atoms with Crippen LogP contribution in [-0.2, 0) is 19.1 Å². The summed E-state index contributed by atoms with van der Waals surface area (Å²) in [5.74, 6) is 0.0202. The number of hydroxylamine groups is 2. The molecule has 3 amide bonds. The minimum atomic E-state index is -0.512. The average molecular weight is 622 g/mol. The summed E-state index contributed by atoms with van der Waals surface area (Å²) in [6, 6.07) is 16.6. The number of amides is 3. The Balaban J connectivity index is 1.15. The van der Waals surface area contributed by atoms with Crippen LogP contribution in [0.25, 0.3) is 11.1 Å². The van der Waals surface area contributed by atoms with E-state index >= 15 is 0 Å². The molecule has 4 rings (SSSR count). The van der Waals surface area contributed by atoms with E-state index in [2.05, 4.69) is 34.9 Å². The lowest BCUT2D eigenvalue weighted by atomic mass is 9.89. The number of carbonyl (C=O) groups excluding carboxylic acids is 3. The van der Waals surface area contributed by atoms with Gasteiger partial charge in [-0.05, 0) is 47.9 Å². The fourth-order valence-electron chi connectivity index (χ4n) is 6.20. The highest BCUT2D eigenvalue weighted by atomic mass is 16.7. The van der Waals surface area contributed by atoms with Crippen LogP contribution >= 0.6 is 0 Å². The summed E-state index contributed by atoms with van der Waals surface area (Å²) in [5.41, 5.74) is 4.46. The van der Waals surface area contributed by atoms with Gasteiger partial charge < -0.3 is 20.1 Å². The van der Waals surface area contributed by atoms with Crippen molar-refractivity contribution < 1.29 is 28.7 Å². The van der Waals surface area contributed by atoms with Gasteiger partial charge in [0.1, 0.15) is 19.3 Å². The second-order valence-electron chi connectivity index (χ2n) is 13.2. The normalized spacial score (nSPS) is 15.5. The van der Waals surface area contributed by atoms with Crippen molar-refractivity contribution in [2.24, 2.45) is 5.41 Å². The molecule has 1 fully saturated rings. The predicted molar refractivity (Wildman–Crippen MR) is 175 cm³/mol. The molecule has 2 aromatic carbocycles. The molecular formula is C36H51N3O6. The van der Waals surface area contributed by atoms with E-state index in [4.69, 9.17) is 14.3 Å². The third kappa shape index (κ3) is 9.70. The van der Waals surface area contributed by atoms with Crippen LogP contribution < -0.4 is 10.6 Å². The molecule has 1 atom stereocenters. The summed E-state index contributed by atoms with van der Waals surface area (Å²) in [6.45, 7) is 6.91. The molecule has 0 aliphatic heterocycles. The van der Waals surface area contributed by atoms with Crippen molar-refractivity contribution in [3.05, 3.63) is 59.7 Å². The first-order valence-corrected chi connectivity index (χ1v) is 16.6. The number of hydrogen-bond donors (Lipinski definition) is 2. The van der Waals surface area contributed by atoms with E-state index in [1.807, 2.05) is 45.0 Å². The molecule has 2 aromatic rings. The highest BCUT2D eigenvalue weighted by Gasteiger charge is 2.33. The Kier molecular flexibility index (Phi) is 12.7. The van der Waals surface area contributed by atoms with Gasteiger partial charge in [0.2, 0.25) is 5.91 Å². The molecule has 1 unspecified atom stereocenters. The number of ether oxygens (including phenoxy) is 2. The van der Waals surface area contributed by atoms with E-state index in [0.29, 0.717) is 19.6 Å². The van der Waals surface area contributed by atoms with Crippen molar-refractivity contribution in [3.63, 3.8) is 0 Å². The summed E-state index contributed by atoms with van der Waals surface area (Å²) in [4.78, 5) is 43.8. The summed E-state index contributed by atoms with van der Waals surface area (Å²) >= 11 is 0. The molecule has 0 spiro atoms. The molecule has 1 saturated carbocycles. The van der Waals surface area contributed by atoms with Crippen molar-refractivity contribution in [2.45, 2.75) is 103 Å². The van der Waals surface area contributed by atoms with Crippen LogP contribution in [0.3, 0.4) is 0 Å². The Hall–Kier alpha value is -3.59. The maximum atomic E-state index is 13.3. The second-order valence-corrected chi connectivity index (χ2v) is 13.2. The molecule has 246 valence electrons. The van der Waals surface area contributed by atoms with E-state index in [1.165, 1.54) is 35.7 Å². The average Bonchev–Trinajstić information content (AvgIpc) is 3.36. The van der Waals surface area contributed by atoms with Crippen LogP contribution in [-0.4, -0.2) is 62.1 Å². The maximum absolute atomic E-state index is 13.3. The fourth-order valence-corrected chi connectivity index (χ4v) is 6.20.